The first-order valence-electron chi connectivity index (χ1n) is 3.68. The molecule has 68 valence electrons. The second-order valence-electron chi connectivity index (χ2n) is 2.67. The molecule has 0 amide bonds. The molecule has 2 rings (SSSR count). The zero-order valence-electron chi connectivity index (χ0n) is 6.55. The van der Waals surface area contributed by atoms with Crippen molar-refractivity contribution in [3.05, 3.63) is 27.3 Å². The molecule has 0 saturated carbocycles. The van der Waals surface area contributed by atoms with Crippen LogP contribution in [0.25, 0.3) is 10.1 Å². The van der Waals surface area contributed by atoms with Crippen LogP contribution in [0.3, 0.4) is 0 Å². The highest BCUT2D eigenvalue weighted by atomic mass is 127. The van der Waals surface area contributed by atoms with Gasteiger partial charge < -0.3 is 5.11 Å². The maximum Gasteiger partial charge on any atom is 0.172 e. The van der Waals surface area contributed by atoms with Crippen LogP contribution in [0.4, 0.5) is 0 Å². The molecule has 13 heavy (non-hydrogen) atoms. The molecular weight excluding hydrogens is 363 g/mol. The summed E-state index contributed by atoms with van der Waals surface area (Å²) in [6.07, 6.45) is 0. The largest absolute Gasteiger partial charge is 0.499 e. The van der Waals surface area contributed by atoms with E-state index in [4.69, 9.17) is 0 Å². The summed E-state index contributed by atoms with van der Waals surface area (Å²) in [6.45, 7) is 0. The molecule has 0 fully saturated rings. The van der Waals surface area contributed by atoms with Crippen LogP contribution < -0.4 is 0 Å². The first kappa shape index (κ1) is 9.73. The number of thiophene rings is 1. The van der Waals surface area contributed by atoms with E-state index in [0.29, 0.717) is 5.06 Å². The monoisotopic (exact) mass is 368 g/mol. The van der Waals surface area contributed by atoms with Crippen molar-refractivity contribution in [3.63, 3.8) is 0 Å². The van der Waals surface area contributed by atoms with Crippen molar-refractivity contribution in [1.82, 2.24) is 0 Å². The predicted octanol–water partition coefficient (Wildman–Crippen LogP) is 4.11. The van der Waals surface area contributed by atoms with Crippen molar-refractivity contribution in [3.8, 4) is 5.06 Å². The Kier molecular flexibility index (Phi) is 2.80. The van der Waals surface area contributed by atoms with Gasteiger partial charge in [0.2, 0.25) is 0 Å². The number of alkyl halides is 1. The van der Waals surface area contributed by atoms with Crippen molar-refractivity contribution < 1.29 is 5.11 Å². The summed E-state index contributed by atoms with van der Waals surface area (Å²) in [7, 11) is 0. The number of halogens is 2. The van der Waals surface area contributed by atoms with E-state index >= 15 is 0 Å². The summed E-state index contributed by atoms with van der Waals surface area (Å²) in [4.78, 5) is 0. The molecular formula is C9H6BrIOS. The molecule has 1 aromatic heterocycles. The number of hydrogen-bond acceptors (Lipinski definition) is 2. The summed E-state index contributed by atoms with van der Waals surface area (Å²) in [5.41, 5.74) is 1.24. The lowest BCUT2D eigenvalue weighted by molar-refractivity contribution is 0.491. The maximum atomic E-state index is 9.40. The lowest BCUT2D eigenvalue weighted by Crippen LogP contribution is -1.79. The van der Waals surface area contributed by atoms with E-state index in [1.807, 2.05) is 6.07 Å². The fraction of sp³-hybridized carbons (Fsp3) is 0.111. The van der Waals surface area contributed by atoms with Crippen LogP contribution in [0.2, 0.25) is 0 Å². The number of rotatable bonds is 1. The van der Waals surface area contributed by atoms with Crippen LogP contribution >= 0.6 is 49.9 Å². The molecule has 0 saturated heterocycles. The van der Waals surface area contributed by atoms with Gasteiger partial charge in [-0.15, -0.1) is 0 Å². The lowest BCUT2D eigenvalue weighted by atomic mass is 10.2. The molecule has 0 spiro atoms. The molecule has 1 N–H and O–H groups in total. The van der Waals surface area contributed by atoms with Crippen molar-refractivity contribution in [2.24, 2.45) is 0 Å². The second-order valence-corrected chi connectivity index (χ2v) is 5.42. The van der Waals surface area contributed by atoms with Crippen LogP contribution in [0, 0.1) is 3.57 Å². The van der Waals surface area contributed by atoms with Crippen LogP contribution in [0.5, 0.6) is 5.06 Å². The fourth-order valence-corrected chi connectivity index (χ4v) is 3.62. The molecule has 0 atom stereocenters. The maximum absolute atomic E-state index is 9.40. The first-order valence-corrected chi connectivity index (χ1v) is 6.70. The van der Waals surface area contributed by atoms with Gasteiger partial charge in [0.1, 0.15) is 0 Å². The van der Waals surface area contributed by atoms with Gasteiger partial charge in [-0.05, 0) is 34.2 Å². The molecule has 0 aliphatic carbocycles. The molecule has 1 heterocycles. The van der Waals surface area contributed by atoms with Crippen LogP contribution in [0.1, 0.15) is 5.56 Å². The molecule has 4 heteroatoms. The Morgan fingerprint density at radius 1 is 1.46 bits per heavy atom. The number of benzene rings is 1. The van der Waals surface area contributed by atoms with E-state index < -0.39 is 0 Å². The normalized spacial score (nSPS) is 10.9. The van der Waals surface area contributed by atoms with E-state index in [1.165, 1.54) is 25.2 Å². The van der Waals surface area contributed by atoms with Gasteiger partial charge in [-0.2, -0.15) is 0 Å². The highest BCUT2D eigenvalue weighted by Crippen LogP contribution is 2.36. The summed E-state index contributed by atoms with van der Waals surface area (Å²) < 4.78 is 2.37. The standard InChI is InChI=1S/C9H6BrIOS/c10-4-5-1-2-7(11)6-3-8(12)13-9(5)6/h1-3,12H,4H2. The Morgan fingerprint density at radius 2 is 2.23 bits per heavy atom. The van der Waals surface area contributed by atoms with Crippen molar-refractivity contribution in [1.29, 1.82) is 0 Å². The molecule has 0 aliphatic rings. The third-order valence-corrected chi connectivity index (χ3v) is 4.40. The molecule has 2 aromatic rings. The topological polar surface area (TPSA) is 20.2 Å². The predicted molar refractivity (Wildman–Crippen MR) is 68.8 cm³/mol. The Bertz CT molecular complexity index is 452. The minimum atomic E-state index is 0.390. The highest BCUT2D eigenvalue weighted by molar-refractivity contribution is 14.1. The van der Waals surface area contributed by atoms with Crippen molar-refractivity contribution in [2.45, 2.75) is 5.33 Å². The molecule has 1 aromatic carbocycles. The fourth-order valence-electron chi connectivity index (χ4n) is 1.24. The minimum Gasteiger partial charge on any atom is -0.499 e. The number of aromatic hydroxyl groups is 1. The Balaban J connectivity index is 2.83. The third-order valence-electron chi connectivity index (χ3n) is 1.84. The highest BCUT2D eigenvalue weighted by Gasteiger charge is 2.07. The Hall–Kier alpha value is 0.190. The van der Waals surface area contributed by atoms with Gasteiger partial charge in [-0.1, -0.05) is 33.3 Å². The average Bonchev–Trinajstić information content (AvgIpc) is 2.48. The first-order chi connectivity index (χ1) is 6.22. The molecule has 1 nitrogen and oxygen atoms in total. The lowest BCUT2D eigenvalue weighted by Gasteiger charge is -1.98. The Morgan fingerprint density at radius 3 is 2.92 bits per heavy atom. The van der Waals surface area contributed by atoms with Gasteiger partial charge in [0.25, 0.3) is 0 Å². The van der Waals surface area contributed by atoms with Gasteiger partial charge in [-0.25, -0.2) is 0 Å². The average molecular weight is 369 g/mol. The van der Waals surface area contributed by atoms with E-state index in [-0.39, 0.29) is 0 Å². The molecule has 0 radical (unpaired) electrons. The minimum absolute atomic E-state index is 0.390. The van der Waals surface area contributed by atoms with E-state index in [2.05, 4.69) is 50.7 Å². The summed E-state index contributed by atoms with van der Waals surface area (Å²) in [6, 6.07) is 5.99. The molecule has 0 aliphatic heterocycles. The quantitative estimate of drug-likeness (QED) is 0.593. The van der Waals surface area contributed by atoms with E-state index in [1.54, 1.807) is 0 Å². The zero-order chi connectivity index (χ0) is 9.42. The number of hydrogen-bond donors (Lipinski definition) is 1. The van der Waals surface area contributed by atoms with Crippen molar-refractivity contribution in [2.75, 3.05) is 0 Å². The van der Waals surface area contributed by atoms with Crippen LogP contribution in [-0.2, 0) is 5.33 Å². The summed E-state index contributed by atoms with van der Waals surface area (Å²) >= 11 is 7.16. The Labute approximate surface area is 102 Å². The molecule has 0 bridgehead atoms. The van der Waals surface area contributed by atoms with Crippen LogP contribution in [0.15, 0.2) is 18.2 Å². The van der Waals surface area contributed by atoms with E-state index in [0.717, 1.165) is 10.7 Å². The van der Waals surface area contributed by atoms with Gasteiger partial charge >= 0.3 is 0 Å². The zero-order valence-corrected chi connectivity index (χ0v) is 11.1. The van der Waals surface area contributed by atoms with E-state index in [9.17, 15) is 5.11 Å². The third kappa shape index (κ3) is 1.71. The smallest absolute Gasteiger partial charge is 0.172 e. The van der Waals surface area contributed by atoms with Crippen molar-refractivity contribution >= 4 is 59.9 Å². The van der Waals surface area contributed by atoms with Gasteiger partial charge in [-0.3, -0.25) is 0 Å². The van der Waals surface area contributed by atoms with Gasteiger partial charge in [0, 0.05) is 25.1 Å². The summed E-state index contributed by atoms with van der Waals surface area (Å²) in [5, 5.41) is 11.8. The van der Waals surface area contributed by atoms with Crippen LogP contribution in [-0.4, -0.2) is 5.11 Å². The second kappa shape index (κ2) is 3.74. The number of fused-ring (bicyclic) bond motifs is 1. The SMILES string of the molecule is Oc1cc2c(I)ccc(CBr)c2s1. The van der Waals surface area contributed by atoms with Gasteiger partial charge in [0.15, 0.2) is 5.06 Å². The molecule has 0 unspecified atom stereocenters. The van der Waals surface area contributed by atoms with Gasteiger partial charge in [0.05, 0.1) is 0 Å². The summed E-state index contributed by atoms with van der Waals surface area (Å²) in [5.74, 6) is 0.